The summed E-state index contributed by atoms with van der Waals surface area (Å²) < 4.78 is 0. The second-order valence-corrected chi connectivity index (χ2v) is 5.55. The number of carbonyl (C=O) groups excluding carboxylic acids is 1. The molecule has 0 aromatic rings. The summed E-state index contributed by atoms with van der Waals surface area (Å²) in [5, 5.41) is 21.6. The molecule has 1 atom stereocenters. The van der Waals surface area contributed by atoms with Crippen LogP contribution in [0.25, 0.3) is 0 Å². The van der Waals surface area contributed by atoms with Gasteiger partial charge in [-0.2, -0.15) is 0 Å². The van der Waals surface area contributed by atoms with Crippen LogP contribution >= 0.6 is 0 Å². The average Bonchev–Trinajstić information content (AvgIpc) is 2.75. The first-order valence-electron chi connectivity index (χ1n) is 6.78. The van der Waals surface area contributed by atoms with E-state index in [9.17, 15) is 14.7 Å². The molecule has 1 fully saturated rings. The Labute approximate surface area is 113 Å². The van der Waals surface area contributed by atoms with Crippen molar-refractivity contribution < 1.29 is 19.8 Å². The summed E-state index contributed by atoms with van der Waals surface area (Å²) in [4.78, 5) is 23.9. The van der Waals surface area contributed by atoms with Gasteiger partial charge in [-0.05, 0) is 19.3 Å². The van der Waals surface area contributed by atoms with Gasteiger partial charge in [0.25, 0.3) is 0 Å². The van der Waals surface area contributed by atoms with Crippen LogP contribution in [-0.4, -0.2) is 52.9 Å². The van der Waals surface area contributed by atoms with Gasteiger partial charge in [0, 0.05) is 13.6 Å². The molecule has 0 aliphatic heterocycles. The average molecular weight is 272 g/mol. The highest BCUT2D eigenvalue weighted by Crippen LogP contribution is 2.29. The number of carboxylic acids is 1. The highest BCUT2D eigenvalue weighted by Gasteiger charge is 2.33. The summed E-state index contributed by atoms with van der Waals surface area (Å²) in [5.74, 6) is -1.33. The number of urea groups is 1. The lowest BCUT2D eigenvalue weighted by molar-refractivity contribution is -0.141. The number of nitrogens with one attached hydrogen (secondary N) is 1. The van der Waals surface area contributed by atoms with E-state index in [0.717, 1.165) is 25.7 Å². The molecular formula is C13H24N2O4. The fourth-order valence-electron chi connectivity index (χ4n) is 2.36. The van der Waals surface area contributed by atoms with Gasteiger partial charge in [-0.1, -0.05) is 19.8 Å². The summed E-state index contributed by atoms with van der Waals surface area (Å²) in [7, 11) is 1.65. The third-order valence-electron chi connectivity index (χ3n) is 3.69. The van der Waals surface area contributed by atoms with Gasteiger partial charge in [0.2, 0.25) is 0 Å². The molecule has 0 aromatic heterocycles. The number of amides is 2. The van der Waals surface area contributed by atoms with Crippen LogP contribution < -0.4 is 5.32 Å². The monoisotopic (exact) mass is 272 g/mol. The van der Waals surface area contributed by atoms with Crippen LogP contribution in [0.5, 0.6) is 0 Å². The molecule has 1 unspecified atom stereocenters. The predicted octanol–water partition coefficient (Wildman–Crippen LogP) is 1.04. The van der Waals surface area contributed by atoms with E-state index in [4.69, 9.17) is 5.11 Å². The van der Waals surface area contributed by atoms with Crippen LogP contribution in [0.4, 0.5) is 4.79 Å². The number of carbonyl (C=O) groups is 2. The molecule has 0 bridgehead atoms. The number of aliphatic carboxylic acids is 1. The normalized spacial score (nSPS) is 18.9. The SMILES string of the molecule is CC(CCNC(=O)N(C)CC1(O)CCCC1)C(=O)O. The van der Waals surface area contributed by atoms with Gasteiger partial charge in [-0.25, -0.2) is 4.79 Å². The Morgan fingerprint density at radius 1 is 1.37 bits per heavy atom. The molecule has 1 aliphatic rings. The maximum Gasteiger partial charge on any atom is 0.317 e. The first-order chi connectivity index (χ1) is 8.84. The minimum Gasteiger partial charge on any atom is -0.481 e. The molecule has 6 nitrogen and oxygen atoms in total. The van der Waals surface area contributed by atoms with Gasteiger partial charge in [-0.15, -0.1) is 0 Å². The van der Waals surface area contributed by atoms with Gasteiger partial charge in [0.1, 0.15) is 0 Å². The minimum absolute atomic E-state index is 0.266. The Morgan fingerprint density at radius 3 is 2.47 bits per heavy atom. The molecule has 1 aliphatic carbocycles. The molecule has 110 valence electrons. The maximum atomic E-state index is 11.8. The van der Waals surface area contributed by atoms with Crippen LogP contribution in [0, 0.1) is 5.92 Å². The van der Waals surface area contributed by atoms with E-state index in [1.165, 1.54) is 4.90 Å². The Kier molecular flexibility index (Phi) is 5.60. The molecule has 1 saturated carbocycles. The molecule has 0 radical (unpaired) electrons. The summed E-state index contributed by atoms with van der Waals surface area (Å²) >= 11 is 0. The van der Waals surface area contributed by atoms with Gasteiger partial charge < -0.3 is 20.4 Å². The third-order valence-corrected chi connectivity index (χ3v) is 3.69. The summed E-state index contributed by atoms with van der Waals surface area (Å²) in [6.07, 6.45) is 3.88. The maximum absolute atomic E-state index is 11.8. The third kappa shape index (κ3) is 5.06. The van der Waals surface area contributed by atoms with Crippen LogP contribution in [0.1, 0.15) is 39.0 Å². The minimum atomic E-state index is -0.858. The molecule has 6 heteroatoms. The van der Waals surface area contributed by atoms with E-state index in [-0.39, 0.29) is 6.03 Å². The molecule has 0 spiro atoms. The van der Waals surface area contributed by atoms with Crippen molar-refractivity contribution in [2.45, 2.75) is 44.6 Å². The van der Waals surface area contributed by atoms with Crippen LogP contribution in [0.3, 0.4) is 0 Å². The zero-order chi connectivity index (χ0) is 14.5. The van der Waals surface area contributed by atoms with E-state index in [1.807, 2.05) is 0 Å². The highest BCUT2D eigenvalue weighted by molar-refractivity contribution is 5.74. The van der Waals surface area contributed by atoms with Crippen molar-refractivity contribution in [3.8, 4) is 0 Å². The van der Waals surface area contributed by atoms with E-state index in [2.05, 4.69) is 5.32 Å². The van der Waals surface area contributed by atoms with Crippen molar-refractivity contribution in [1.82, 2.24) is 10.2 Å². The standard InChI is InChI=1S/C13H24N2O4/c1-10(11(16)17)5-8-14-12(18)15(2)9-13(19)6-3-4-7-13/h10,19H,3-9H2,1-2H3,(H,14,18)(H,16,17). The first-order valence-corrected chi connectivity index (χ1v) is 6.78. The number of carboxylic acid groups (broad SMARTS) is 1. The number of likely N-dealkylation sites (N-methyl/N-ethyl adjacent to an activating group) is 1. The zero-order valence-electron chi connectivity index (χ0n) is 11.7. The van der Waals surface area contributed by atoms with Gasteiger partial charge in [0.15, 0.2) is 0 Å². The van der Waals surface area contributed by atoms with E-state index in [1.54, 1.807) is 14.0 Å². The smallest absolute Gasteiger partial charge is 0.317 e. The molecule has 0 heterocycles. The number of nitrogens with zero attached hydrogens (tertiary/aromatic N) is 1. The van der Waals surface area contributed by atoms with Gasteiger partial charge >= 0.3 is 12.0 Å². The Bertz CT molecular complexity index is 327. The van der Waals surface area contributed by atoms with E-state index >= 15 is 0 Å². The van der Waals surface area contributed by atoms with Crippen molar-refractivity contribution in [3.63, 3.8) is 0 Å². The lowest BCUT2D eigenvalue weighted by atomic mass is 10.0. The van der Waals surface area contributed by atoms with Gasteiger partial charge in [0.05, 0.1) is 18.1 Å². The second kappa shape index (κ2) is 6.75. The number of hydrogen-bond donors (Lipinski definition) is 3. The molecular weight excluding hydrogens is 248 g/mol. The summed E-state index contributed by atoms with van der Waals surface area (Å²) in [5.41, 5.74) is -0.750. The fraction of sp³-hybridized carbons (Fsp3) is 0.846. The van der Waals surface area contributed by atoms with Crippen LogP contribution in [-0.2, 0) is 4.79 Å². The van der Waals surface area contributed by atoms with Crippen molar-refractivity contribution in [3.05, 3.63) is 0 Å². The van der Waals surface area contributed by atoms with Crippen LogP contribution in [0.2, 0.25) is 0 Å². The number of hydrogen-bond acceptors (Lipinski definition) is 3. The molecule has 1 rings (SSSR count). The second-order valence-electron chi connectivity index (χ2n) is 5.55. The molecule has 0 saturated heterocycles. The predicted molar refractivity (Wildman–Crippen MR) is 70.9 cm³/mol. The largest absolute Gasteiger partial charge is 0.481 e. The lowest BCUT2D eigenvalue weighted by Crippen LogP contribution is -2.46. The zero-order valence-corrected chi connectivity index (χ0v) is 11.7. The fourth-order valence-corrected chi connectivity index (χ4v) is 2.36. The number of aliphatic hydroxyl groups is 1. The quantitative estimate of drug-likeness (QED) is 0.674. The molecule has 2 amide bonds. The topological polar surface area (TPSA) is 89.9 Å². The Morgan fingerprint density at radius 2 is 1.95 bits per heavy atom. The summed E-state index contributed by atoms with van der Waals surface area (Å²) in [6, 6.07) is -0.266. The number of rotatable bonds is 6. The highest BCUT2D eigenvalue weighted by atomic mass is 16.4. The van der Waals surface area contributed by atoms with Crippen molar-refractivity contribution >= 4 is 12.0 Å². The van der Waals surface area contributed by atoms with Crippen molar-refractivity contribution in [1.29, 1.82) is 0 Å². The van der Waals surface area contributed by atoms with E-state index < -0.39 is 17.5 Å². The summed E-state index contributed by atoms with van der Waals surface area (Å²) in [6.45, 7) is 2.27. The van der Waals surface area contributed by atoms with Crippen molar-refractivity contribution in [2.75, 3.05) is 20.1 Å². The van der Waals surface area contributed by atoms with E-state index in [0.29, 0.717) is 19.5 Å². The van der Waals surface area contributed by atoms with Gasteiger partial charge in [-0.3, -0.25) is 4.79 Å². The Balaban J connectivity index is 2.27. The first kappa shape index (κ1) is 15.8. The lowest BCUT2D eigenvalue weighted by Gasteiger charge is -2.28. The Hall–Kier alpha value is -1.30. The molecule has 19 heavy (non-hydrogen) atoms. The van der Waals surface area contributed by atoms with Crippen LogP contribution in [0.15, 0.2) is 0 Å². The molecule has 3 N–H and O–H groups in total. The van der Waals surface area contributed by atoms with Crippen molar-refractivity contribution in [2.24, 2.45) is 5.92 Å². The molecule has 0 aromatic carbocycles.